The van der Waals surface area contributed by atoms with Crippen molar-refractivity contribution >= 4 is 18.0 Å². The molecule has 2 rings (SSSR count). The van der Waals surface area contributed by atoms with Crippen molar-refractivity contribution in [2.75, 3.05) is 26.3 Å². The number of amides is 2. The molecule has 2 atom stereocenters. The number of hydrogen-bond donors (Lipinski definition) is 4. The minimum absolute atomic E-state index is 0.0915. The molecule has 1 heterocycles. The number of carbonyl (C=O) groups excluding carboxylic acids is 2. The lowest BCUT2D eigenvalue weighted by molar-refractivity contribution is -0.166. The monoisotopic (exact) mass is 519 g/mol. The minimum Gasteiger partial charge on any atom is -0.445 e. The molecule has 10 nitrogen and oxygen atoms in total. The zero-order valence-corrected chi connectivity index (χ0v) is 22.4. The van der Waals surface area contributed by atoms with E-state index in [1.165, 1.54) is 4.90 Å². The summed E-state index contributed by atoms with van der Waals surface area (Å²) >= 11 is 0. The second-order valence-electron chi connectivity index (χ2n) is 9.31. The Hall–Kier alpha value is -2.85. The fraction of sp³-hybridized carbons (Fsp3) is 0.667. The molecule has 0 radical (unpaired) electrons. The molecule has 1 aromatic carbocycles. The number of ether oxygens (including phenoxy) is 3. The predicted molar refractivity (Wildman–Crippen MR) is 143 cm³/mol. The number of likely N-dealkylation sites (tertiary alicyclic amines) is 1. The lowest BCUT2D eigenvalue weighted by Crippen LogP contribution is -2.53. The van der Waals surface area contributed by atoms with E-state index in [0.717, 1.165) is 37.7 Å². The molecule has 0 spiro atoms. The van der Waals surface area contributed by atoms with Crippen LogP contribution in [0.1, 0.15) is 70.8 Å². The molecule has 0 bridgehead atoms. The number of hydrogen-bond acceptors (Lipinski definition) is 6. The number of unbranched alkanes of at least 4 members (excludes halogenated alkanes) is 2. The van der Waals surface area contributed by atoms with Gasteiger partial charge >= 0.3 is 6.09 Å². The highest BCUT2D eigenvalue weighted by molar-refractivity contribution is 5.86. The Morgan fingerprint density at radius 1 is 1.11 bits per heavy atom. The standard InChI is InChI=1S/C27H45N5O5/c1-3-5-18-35-25(36-19-6-4-2)22(14-10-16-30-26(28)29)31-24(33)23-15-11-17-32(23)27(34)37-20-21-12-8-7-9-13-21/h7-9,12-13,22-23,25H,3-6,10-11,14-20H2,1-2H3,(H,31,33)(H4,28,29,30)/t22-,23-/m0/s1. The second-order valence-corrected chi connectivity index (χ2v) is 9.31. The molecule has 2 amide bonds. The van der Waals surface area contributed by atoms with E-state index < -0.39 is 24.5 Å². The van der Waals surface area contributed by atoms with Gasteiger partial charge in [0.15, 0.2) is 12.2 Å². The Morgan fingerprint density at radius 2 is 1.78 bits per heavy atom. The number of nitrogens with zero attached hydrogens (tertiary/aromatic N) is 1. The number of nitrogens with one attached hydrogen (secondary N) is 3. The third-order valence-electron chi connectivity index (χ3n) is 6.22. The van der Waals surface area contributed by atoms with Gasteiger partial charge in [-0.05, 0) is 44.1 Å². The van der Waals surface area contributed by atoms with Crippen molar-refractivity contribution in [1.82, 2.24) is 15.5 Å². The quantitative estimate of drug-likeness (QED) is 0.107. The van der Waals surface area contributed by atoms with Crippen molar-refractivity contribution in [2.45, 2.75) is 90.2 Å². The Bertz CT molecular complexity index is 800. The van der Waals surface area contributed by atoms with Gasteiger partial charge in [0, 0.05) is 26.3 Å². The average molecular weight is 520 g/mol. The average Bonchev–Trinajstić information content (AvgIpc) is 3.39. The van der Waals surface area contributed by atoms with Gasteiger partial charge in [0.05, 0.1) is 6.04 Å². The van der Waals surface area contributed by atoms with E-state index in [0.29, 0.717) is 45.6 Å². The van der Waals surface area contributed by atoms with E-state index in [1.807, 2.05) is 30.3 Å². The first-order valence-corrected chi connectivity index (χ1v) is 13.5. The summed E-state index contributed by atoms with van der Waals surface area (Å²) in [6, 6.07) is 8.47. The highest BCUT2D eigenvalue weighted by Crippen LogP contribution is 2.20. The maximum Gasteiger partial charge on any atom is 0.410 e. The van der Waals surface area contributed by atoms with E-state index >= 15 is 0 Å². The molecule has 37 heavy (non-hydrogen) atoms. The zero-order valence-electron chi connectivity index (χ0n) is 22.4. The molecule has 1 fully saturated rings. The molecule has 1 aliphatic heterocycles. The third-order valence-corrected chi connectivity index (χ3v) is 6.22. The van der Waals surface area contributed by atoms with Crippen LogP contribution in [-0.4, -0.2) is 67.5 Å². The van der Waals surface area contributed by atoms with Gasteiger partial charge in [-0.3, -0.25) is 15.1 Å². The van der Waals surface area contributed by atoms with Gasteiger partial charge < -0.3 is 30.6 Å². The summed E-state index contributed by atoms with van der Waals surface area (Å²) in [5, 5.41) is 13.3. The number of rotatable bonds is 17. The Morgan fingerprint density at radius 3 is 2.41 bits per heavy atom. The first-order chi connectivity index (χ1) is 18.0. The largest absolute Gasteiger partial charge is 0.445 e. The molecule has 1 saturated heterocycles. The van der Waals surface area contributed by atoms with Gasteiger partial charge in [-0.15, -0.1) is 0 Å². The Labute approximate surface area is 221 Å². The summed E-state index contributed by atoms with van der Waals surface area (Å²) in [6.07, 6.45) is 5.21. The molecule has 0 aromatic heterocycles. The van der Waals surface area contributed by atoms with E-state index in [9.17, 15) is 9.59 Å². The van der Waals surface area contributed by atoms with Gasteiger partial charge in [0.2, 0.25) is 5.91 Å². The molecule has 5 N–H and O–H groups in total. The molecule has 0 saturated carbocycles. The first kappa shape index (κ1) is 30.4. The number of benzene rings is 1. The van der Waals surface area contributed by atoms with E-state index in [1.54, 1.807) is 0 Å². The third kappa shape index (κ3) is 11.4. The second kappa shape index (κ2) is 17.6. The minimum atomic E-state index is -0.604. The van der Waals surface area contributed by atoms with Gasteiger partial charge in [-0.1, -0.05) is 57.0 Å². The Balaban J connectivity index is 2.04. The van der Waals surface area contributed by atoms with Crippen LogP contribution in [0.15, 0.2) is 30.3 Å². The van der Waals surface area contributed by atoms with Gasteiger partial charge in [-0.25, -0.2) is 4.79 Å². The summed E-state index contributed by atoms with van der Waals surface area (Å²) in [6.45, 7) is 6.39. The maximum atomic E-state index is 13.4. The van der Waals surface area contributed by atoms with Crippen molar-refractivity contribution in [2.24, 2.45) is 5.73 Å². The number of guanidine groups is 1. The summed E-state index contributed by atoms with van der Waals surface area (Å²) < 4.78 is 17.6. The maximum absolute atomic E-state index is 13.4. The summed E-state index contributed by atoms with van der Waals surface area (Å²) in [4.78, 5) is 27.7. The highest BCUT2D eigenvalue weighted by Gasteiger charge is 2.37. The number of nitrogens with two attached hydrogens (primary N) is 1. The van der Waals surface area contributed by atoms with Crippen LogP contribution in [-0.2, 0) is 25.6 Å². The van der Waals surface area contributed by atoms with Crippen molar-refractivity contribution in [3.05, 3.63) is 35.9 Å². The smallest absolute Gasteiger partial charge is 0.410 e. The topological polar surface area (TPSA) is 139 Å². The molecule has 1 aromatic rings. The molecule has 10 heteroatoms. The molecular weight excluding hydrogens is 474 g/mol. The number of carbonyl (C=O) groups is 2. The zero-order chi connectivity index (χ0) is 26.9. The van der Waals surface area contributed by atoms with Crippen molar-refractivity contribution in [3.8, 4) is 0 Å². The van der Waals surface area contributed by atoms with E-state index in [-0.39, 0.29) is 18.5 Å². The molecule has 0 unspecified atom stereocenters. The Kier molecular flexibility index (Phi) is 14.4. The summed E-state index contributed by atoms with van der Waals surface area (Å²) in [7, 11) is 0. The lowest BCUT2D eigenvalue weighted by atomic mass is 10.1. The molecule has 208 valence electrons. The van der Waals surface area contributed by atoms with Crippen LogP contribution in [0.5, 0.6) is 0 Å². The SMILES string of the molecule is CCCCOC(OCCCC)[C@H](CCCNC(=N)N)NC(=O)[C@@H]1CCCN1C(=O)OCc1ccccc1. The van der Waals surface area contributed by atoms with Crippen LogP contribution in [0.25, 0.3) is 0 Å². The highest BCUT2D eigenvalue weighted by atomic mass is 16.7. The van der Waals surface area contributed by atoms with Gasteiger partial charge in [0.1, 0.15) is 12.6 Å². The van der Waals surface area contributed by atoms with Crippen LogP contribution < -0.4 is 16.4 Å². The summed E-state index contributed by atoms with van der Waals surface area (Å²) in [5.41, 5.74) is 6.30. The van der Waals surface area contributed by atoms with Gasteiger partial charge in [0.25, 0.3) is 0 Å². The van der Waals surface area contributed by atoms with E-state index in [2.05, 4.69) is 24.5 Å². The van der Waals surface area contributed by atoms with Crippen LogP contribution in [0.4, 0.5) is 4.79 Å². The van der Waals surface area contributed by atoms with Crippen LogP contribution in [0.3, 0.4) is 0 Å². The van der Waals surface area contributed by atoms with Crippen LogP contribution >= 0.6 is 0 Å². The van der Waals surface area contributed by atoms with E-state index in [4.69, 9.17) is 25.4 Å². The van der Waals surface area contributed by atoms with Crippen molar-refractivity contribution in [3.63, 3.8) is 0 Å². The van der Waals surface area contributed by atoms with Crippen LogP contribution in [0.2, 0.25) is 0 Å². The van der Waals surface area contributed by atoms with Crippen molar-refractivity contribution in [1.29, 1.82) is 5.41 Å². The summed E-state index contributed by atoms with van der Waals surface area (Å²) in [5.74, 6) is -0.326. The van der Waals surface area contributed by atoms with Gasteiger partial charge in [-0.2, -0.15) is 0 Å². The normalized spacial score (nSPS) is 16.0. The fourth-order valence-electron chi connectivity index (χ4n) is 4.13. The molecule has 1 aliphatic rings. The molecule has 0 aliphatic carbocycles. The fourth-order valence-corrected chi connectivity index (χ4v) is 4.13. The first-order valence-electron chi connectivity index (χ1n) is 13.5. The van der Waals surface area contributed by atoms with Crippen LogP contribution in [0, 0.1) is 5.41 Å². The van der Waals surface area contributed by atoms with Crippen molar-refractivity contribution < 1.29 is 23.8 Å². The predicted octanol–water partition coefficient (Wildman–Crippen LogP) is 3.50. The molecular formula is C27H45N5O5. The lowest BCUT2D eigenvalue weighted by Gasteiger charge is -2.31.